The summed E-state index contributed by atoms with van der Waals surface area (Å²) in [6.07, 6.45) is 3.49. The second-order valence-corrected chi connectivity index (χ2v) is 7.05. The highest BCUT2D eigenvalue weighted by Crippen LogP contribution is 2.27. The van der Waals surface area contributed by atoms with E-state index in [0.717, 1.165) is 29.9 Å². The molecule has 1 aliphatic heterocycles. The summed E-state index contributed by atoms with van der Waals surface area (Å²) in [6.45, 7) is 3.23. The van der Waals surface area contributed by atoms with Crippen molar-refractivity contribution in [2.75, 3.05) is 19.7 Å². The lowest BCUT2D eigenvalue weighted by atomic mass is 9.95. The highest BCUT2D eigenvalue weighted by molar-refractivity contribution is 5.77. The van der Waals surface area contributed by atoms with Gasteiger partial charge in [0.25, 0.3) is 5.89 Å². The molecule has 0 spiro atoms. The normalized spacial score (nSPS) is 14.9. The van der Waals surface area contributed by atoms with Crippen molar-refractivity contribution in [1.82, 2.24) is 25.0 Å². The van der Waals surface area contributed by atoms with Gasteiger partial charge >= 0.3 is 0 Å². The van der Waals surface area contributed by atoms with Gasteiger partial charge in [-0.3, -0.25) is 4.79 Å². The summed E-state index contributed by atoms with van der Waals surface area (Å²) in [6, 6.07) is 12.0. The molecule has 0 atom stereocenters. The van der Waals surface area contributed by atoms with E-state index in [1.165, 1.54) is 0 Å². The fourth-order valence-electron chi connectivity index (χ4n) is 3.44. The smallest absolute Gasteiger partial charge is 0.252 e. The number of likely N-dealkylation sites (tertiary alicyclic amines) is 1. The molecule has 3 aromatic rings. The molecule has 8 heteroatoms. The average molecular weight is 393 g/mol. The van der Waals surface area contributed by atoms with Crippen LogP contribution >= 0.6 is 0 Å². The van der Waals surface area contributed by atoms with Gasteiger partial charge < -0.3 is 14.2 Å². The number of benzene rings is 1. The molecule has 0 N–H and O–H groups in total. The van der Waals surface area contributed by atoms with Crippen LogP contribution in [0.1, 0.15) is 36.3 Å². The van der Waals surface area contributed by atoms with E-state index in [1.807, 2.05) is 47.5 Å². The van der Waals surface area contributed by atoms with Gasteiger partial charge in [0.1, 0.15) is 19.0 Å². The number of amides is 1. The molecule has 150 valence electrons. The molecule has 0 saturated carbocycles. The standard InChI is InChI=1S/C21H23N5O3/c1-15-23-19(29-25-15)13-28-14-20(27)26-11-8-17(9-12-26)21-22-10-7-18(24-21)16-5-3-2-4-6-16/h2-7,10,17H,8-9,11-14H2,1H3. The van der Waals surface area contributed by atoms with Crippen LogP contribution in [-0.4, -0.2) is 50.6 Å². The number of carbonyl (C=O) groups excluding carboxylic acids is 1. The van der Waals surface area contributed by atoms with Crippen LogP contribution in [0.3, 0.4) is 0 Å². The Labute approximate surface area is 168 Å². The lowest BCUT2D eigenvalue weighted by molar-refractivity contribution is -0.137. The summed E-state index contributed by atoms with van der Waals surface area (Å²) in [5.41, 5.74) is 2.01. The Bertz CT molecular complexity index is 952. The van der Waals surface area contributed by atoms with Gasteiger partial charge in [-0.1, -0.05) is 35.5 Å². The fourth-order valence-corrected chi connectivity index (χ4v) is 3.44. The summed E-state index contributed by atoms with van der Waals surface area (Å²) >= 11 is 0. The third-order valence-electron chi connectivity index (χ3n) is 4.98. The second kappa shape index (κ2) is 8.91. The Morgan fingerprint density at radius 3 is 2.69 bits per heavy atom. The van der Waals surface area contributed by atoms with Crippen LogP contribution in [-0.2, 0) is 16.1 Å². The average Bonchev–Trinajstić information content (AvgIpc) is 3.19. The van der Waals surface area contributed by atoms with Crippen LogP contribution < -0.4 is 0 Å². The molecule has 0 aliphatic carbocycles. The molecule has 2 aromatic heterocycles. The molecule has 1 aliphatic rings. The maximum absolute atomic E-state index is 12.4. The van der Waals surface area contributed by atoms with Crippen molar-refractivity contribution in [3.8, 4) is 11.3 Å². The van der Waals surface area contributed by atoms with Gasteiger partial charge in [-0.05, 0) is 25.8 Å². The number of carbonyl (C=O) groups is 1. The Hall–Kier alpha value is -3.13. The van der Waals surface area contributed by atoms with Crippen molar-refractivity contribution in [1.29, 1.82) is 0 Å². The number of piperidine rings is 1. The Kier molecular flexibility index (Phi) is 5.90. The zero-order valence-corrected chi connectivity index (χ0v) is 16.3. The third-order valence-corrected chi connectivity index (χ3v) is 4.98. The number of ether oxygens (including phenoxy) is 1. The fraction of sp³-hybridized carbons (Fsp3) is 0.381. The molecule has 1 aromatic carbocycles. The summed E-state index contributed by atoms with van der Waals surface area (Å²) < 4.78 is 10.4. The zero-order chi connectivity index (χ0) is 20.1. The predicted octanol–water partition coefficient (Wildman–Crippen LogP) is 2.76. The quantitative estimate of drug-likeness (QED) is 0.635. The molecule has 1 amide bonds. The van der Waals surface area contributed by atoms with Crippen LogP contribution in [0.25, 0.3) is 11.3 Å². The first-order valence-corrected chi connectivity index (χ1v) is 9.72. The Morgan fingerprint density at radius 2 is 1.97 bits per heavy atom. The second-order valence-electron chi connectivity index (χ2n) is 7.05. The number of aromatic nitrogens is 4. The van der Waals surface area contributed by atoms with Crippen LogP contribution in [0.4, 0.5) is 0 Å². The van der Waals surface area contributed by atoms with E-state index in [-0.39, 0.29) is 25.0 Å². The molecule has 4 rings (SSSR count). The zero-order valence-electron chi connectivity index (χ0n) is 16.3. The molecular formula is C21H23N5O3. The summed E-state index contributed by atoms with van der Waals surface area (Å²) in [5, 5.41) is 3.69. The minimum absolute atomic E-state index is 0.00604. The van der Waals surface area contributed by atoms with Gasteiger partial charge in [-0.15, -0.1) is 0 Å². The first kappa shape index (κ1) is 19.2. The van der Waals surface area contributed by atoms with Crippen LogP contribution in [0.5, 0.6) is 0 Å². The van der Waals surface area contributed by atoms with E-state index in [2.05, 4.69) is 15.1 Å². The third kappa shape index (κ3) is 4.83. The predicted molar refractivity (Wildman–Crippen MR) is 105 cm³/mol. The van der Waals surface area contributed by atoms with Crippen LogP contribution in [0.15, 0.2) is 47.1 Å². The number of rotatable bonds is 6. The SMILES string of the molecule is Cc1noc(COCC(=O)N2CCC(c3nccc(-c4ccccc4)n3)CC2)n1. The van der Waals surface area contributed by atoms with Crippen LogP contribution in [0, 0.1) is 6.92 Å². The van der Waals surface area contributed by atoms with Crippen molar-refractivity contribution < 1.29 is 14.1 Å². The lowest BCUT2D eigenvalue weighted by Crippen LogP contribution is -2.40. The minimum atomic E-state index is -0.0290. The highest BCUT2D eigenvalue weighted by Gasteiger charge is 2.25. The topological polar surface area (TPSA) is 94.2 Å². The summed E-state index contributed by atoms with van der Waals surface area (Å²) in [4.78, 5) is 27.5. The van der Waals surface area contributed by atoms with Gasteiger partial charge in [0.05, 0.1) is 5.69 Å². The van der Waals surface area contributed by atoms with Crippen molar-refractivity contribution in [2.24, 2.45) is 0 Å². The Balaban J connectivity index is 1.28. The van der Waals surface area contributed by atoms with E-state index < -0.39 is 0 Å². The van der Waals surface area contributed by atoms with Crippen molar-refractivity contribution >= 4 is 5.91 Å². The monoisotopic (exact) mass is 393 g/mol. The van der Waals surface area contributed by atoms with E-state index in [0.29, 0.717) is 24.8 Å². The maximum atomic E-state index is 12.4. The van der Waals surface area contributed by atoms with E-state index in [4.69, 9.17) is 14.2 Å². The molecule has 8 nitrogen and oxygen atoms in total. The Morgan fingerprint density at radius 1 is 1.17 bits per heavy atom. The highest BCUT2D eigenvalue weighted by atomic mass is 16.5. The largest absolute Gasteiger partial charge is 0.362 e. The number of nitrogens with zero attached hydrogens (tertiary/aromatic N) is 5. The molecule has 0 radical (unpaired) electrons. The molecular weight excluding hydrogens is 370 g/mol. The molecule has 1 fully saturated rings. The van der Waals surface area contributed by atoms with E-state index in [1.54, 1.807) is 6.92 Å². The van der Waals surface area contributed by atoms with Crippen LogP contribution in [0.2, 0.25) is 0 Å². The number of aryl methyl sites for hydroxylation is 1. The van der Waals surface area contributed by atoms with Crippen molar-refractivity contribution in [2.45, 2.75) is 32.3 Å². The molecule has 0 unspecified atom stereocenters. The van der Waals surface area contributed by atoms with E-state index in [9.17, 15) is 4.79 Å². The summed E-state index contributed by atoms with van der Waals surface area (Å²) in [7, 11) is 0. The first-order chi connectivity index (χ1) is 14.2. The lowest BCUT2D eigenvalue weighted by Gasteiger charge is -2.31. The first-order valence-electron chi connectivity index (χ1n) is 9.72. The van der Waals surface area contributed by atoms with E-state index >= 15 is 0 Å². The number of hydrogen-bond acceptors (Lipinski definition) is 7. The van der Waals surface area contributed by atoms with Gasteiger partial charge in [0.15, 0.2) is 5.82 Å². The van der Waals surface area contributed by atoms with Crippen molar-refractivity contribution in [3.05, 3.63) is 60.1 Å². The van der Waals surface area contributed by atoms with Gasteiger partial charge in [-0.25, -0.2) is 9.97 Å². The van der Waals surface area contributed by atoms with Gasteiger partial charge in [0, 0.05) is 30.8 Å². The maximum Gasteiger partial charge on any atom is 0.252 e. The molecule has 3 heterocycles. The number of hydrogen-bond donors (Lipinski definition) is 0. The van der Waals surface area contributed by atoms with Crippen molar-refractivity contribution in [3.63, 3.8) is 0 Å². The molecule has 0 bridgehead atoms. The minimum Gasteiger partial charge on any atom is -0.362 e. The molecule has 1 saturated heterocycles. The van der Waals surface area contributed by atoms with Gasteiger partial charge in [-0.2, -0.15) is 4.98 Å². The van der Waals surface area contributed by atoms with Gasteiger partial charge in [0.2, 0.25) is 5.91 Å². The summed E-state index contributed by atoms with van der Waals surface area (Å²) in [5.74, 6) is 2.00. The molecule has 29 heavy (non-hydrogen) atoms.